The zero-order chi connectivity index (χ0) is 9.47. The van der Waals surface area contributed by atoms with Crippen LogP contribution >= 0.6 is 0 Å². The first kappa shape index (κ1) is 8.57. The SMILES string of the molecule is CC1(C)CC(N)c2cc[c]cc2O1. The van der Waals surface area contributed by atoms with Gasteiger partial charge in [-0.05, 0) is 26.0 Å². The van der Waals surface area contributed by atoms with E-state index in [0.717, 1.165) is 17.7 Å². The summed E-state index contributed by atoms with van der Waals surface area (Å²) >= 11 is 0. The zero-order valence-corrected chi connectivity index (χ0v) is 8.00. The van der Waals surface area contributed by atoms with Gasteiger partial charge in [0.05, 0.1) is 0 Å². The van der Waals surface area contributed by atoms with Crippen LogP contribution in [0.3, 0.4) is 0 Å². The van der Waals surface area contributed by atoms with Crippen molar-refractivity contribution >= 4 is 0 Å². The first-order valence-electron chi connectivity index (χ1n) is 4.53. The Morgan fingerprint density at radius 3 is 3.15 bits per heavy atom. The Kier molecular flexibility index (Phi) is 1.81. The normalized spacial score (nSPS) is 24.7. The Bertz CT molecular complexity index is 320. The molecule has 1 aromatic carbocycles. The Labute approximate surface area is 78.7 Å². The molecule has 1 atom stereocenters. The van der Waals surface area contributed by atoms with E-state index in [0.29, 0.717) is 0 Å². The molecular weight excluding hydrogens is 162 g/mol. The molecule has 0 spiro atoms. The van der Waals surface area contributed by atoms with E-state index in [2.05, 4.69) is 19.9 Å². The molecule has 1 heterocycles. The molecule has 2 N–H and O–H groups in total. The molecule has 0 fully saturated rings. The van der Waals surface area contributed by atoms with Crippen LogP contribution in [0.5, 0.6) is 5.75 Å². The van der Waals surface area contributed by atoms with Gasteiger partial charge < -0.3 is 10.5 Å². The van der Waals surface area contributed by atoms with E-state index in [9.17, 15) is 0 Å². The third-order valence-electron chi connectivity index (χ3n) is 2.36. The maximum absolute atomic E-state index is 6.03. The summed E-state index contributed by atoms with van der Waals surface area (Å²) in [5.41, 5.74) is 6.97. The fourth-order valence-corrected chi connectivity index (χ4v) is 1.80. The summed E-state index contributed by atoms with van der Waals surface area (Å²) in [6.07, 6.45) is 0.865. The van der Waals surface area contributed by atoms with E-state index in [1.807, 2.05) is 18.2 Å². The second-order valence-corrected chi connectivity index (χ2v) is 4.14. The quantitative estimate of drug-likeness (QED) is 0.656. The predicted molar refractivity (Wildman–Crippen MR) is 51.5 cm³/mol. The molecule has 0 amide bonds. The van der Waals surface area contributed by atoms with E-state index in [4.69, 9.17) is 10.5 Å². The molecular formula is C11H14NO. The lowest BCUT2D eigenvalue weighted by molar-refractivity contribution is 0.0728. The van der Waals surface area contributed by atoms with Crippen molar-refractivity contribution in [2.45, 2.75) is 31.9 Å². The minimum atomic E-state index is -0.151. The molecule has 69 valence electrons. The minimum Gasteiger partial charge on any atom is -0.487 e. The molecule has 2 rings (SSSR count). The fourth-order valence-electron chi connectivity index (χ4n) is 1.80. The summed E-state index contributed by atoms with van der Waals surface area (Å²) in [4.78, 5) is 0. The van der Waals surface area contributed by atoms with Gasteiger partial charge in [0.1, 0.15) is 11.4 Å². The average molecular weight is 176 g/mol. The van der Waals surface area contributed by atoms with Crippen LogP contribution in [0.2, 0.25) is 0 Å². The van der Waals surface area contributed by atoms with Crippen LogP contribution < -0.4 is 10.5 Å². The minimum absolute atomic E-state index is 0.0911. The number of ether oxygens (including phenoxy) is 1. The zero-order valence-electron chi connectivity index (χ0n) is 8.00. The van der Waals surface area contributed by atoms with Gasteiger partial charge in [0, 0.05) is 18.0 Å². The van der Waals surface area contributed by atoms with Crippen LogP contribution in [0.15, 0.2) is 18.2 Å². The van der Waals surface area contributed by atoms with Gasteiger partial charge in [-0.25, -0.2) is 0 Å². The van der Waals surface area contributed by atoms with E-state index >= 15 is 0 Å². The number of rotatable bonds is 0. The van der Waals surface area contributed by atoms with Crippen molar-refractivity contribution in [3.63, 3.8) is 0 Å². The van der Waals surface area contributed by atoms with Crippen LogP contribution in [-0.2, 0) is 0 Å². The summed E-state index contributed by atoms with van der Waals surface area (Å²) in [5.74, 6) is 0.881. The molecule has 1 aromatic rings. The second-order valence-electron chi connectivity index (χ2n) is 4.14. The highest BCUT2D eigenvalue weighted by atomic mass is 16.5. The van der Waals surface area contributed by atoms with Crippen molar-refractivity contribution in [3.8, 4) is 5.75 Å². The highest BCUT2D eigenvalue weighted by Gasteiger charge is 2.31. The van der Waals surface area contributed by atoms with E-state index in [1.165, 1.54) is 0 Å². The van der Waals surface area contributed by atoms with E-state index < -0.39 is 0 Å². The molecule has 1 radical (unpaired) electrons. The van der Waals surface area contributed by atoms with Crippen LogP contribution in [-0.4, -0.2) is 5.60 Å². The maximum atomic E-state index is 6.03. The number of nitrogens with two attached hydrogens (primary N) is 1. The Morgan fingerprint density at radius 2 is 2.38 bits per heavy atom. The van der Waals surface area contributed by atoms with Gasteiger partial charge in [-0.1, -0.05) is 12.1 Å². The van der Waals surface area contributed by atoms with Crippen LogP contribution in [0.25, 0.3) is 0 Å². The lowest BCUT2D eigenvalue weighted by Gasteiger charge is -2.35. The second kappa shape index (κ2) is 2.74. The van der Waals surface area contributed by atoms with Gasteiger partial charge >= 0.3 is 0 Å². The lowest BCUT2D eigenvalue weighted by Crippen LogP contribution is -2.37. The largest absolute Gasteiger partial charge is 0.487 e. The first-order valence-corrected chi connectivity index (χ1v) is 4.53. The van der Waals surface area contributed by atoms with Gasteiger partial charge in [-0.2, -0.15) is 0 Å². The summed E-state index contributed by atoms with van der Waals surface area (Å²) in [5, 5.41) is 0. The number of hydrogen-bond acceptors (Lipinski definition) is 2. The molecule has 13 heavy (non-hydrogen) atoms. The van der Waals surface area contributed by atoms with Gasteiger partial charge in [0.2, 0.25) is 0 Å². The molecule has 1 aliphatic heterocycles. The molecule has 0 saturated carbocycles. The molecule has 0 saturated heterocycles. The molecule has 0 aliphatic carbocycles. The number of hydrogen-bond donors (Lipinski definition) is 1. The van der Waals surface area contributed by atoms with Gasteiger partial charge in [-0.3, -0.25) is 0 Å². The standard InChI is InChI=1S/C11H14NO/c1-11(2)7-9(12)8-5-3-4-6-10(8)13-11/h3,5-6,9H,7,12H2,1-2H3. The molecule has 2 heteroatoms. The van der Waals surface area contributed by atoms with Crippen molar-refractivity contribution in [2.75, 3.05) is 0 Å². The third-order valence-corrected chi connectivity index (χ3v) is 2.36. The average Bonchev–Trinajstić information content (AvgIpc) is 2.02. The van der Waals surface area contributed by atoms with Crippen molar-refractivity contribution < 1.29 is 4.74 Å². The predicted octanol–water partition coefficient (Wildman–Crippen LogP) is 2.05. The highest BCUT2D eigenvalue weighted by Crippen LogP contribution is 2.37. The lowest BCUT2D eigenvalue weighted by atomic mass is 9.90. The molecule has 1 aliphatic rings. The Hall–Kier alpha value is -1.02. The highest BCUT2D eigenvalue weighted by molar-refractivity contribution is 5.37. The third kappa shape index (κ3) is 1.54. The van der Waals surface area contributed by atoms with Crippen LogP contribution in [0.4, 0.5) is 0 Å². The molecule has 2 nitrogen and oxygen atoms in total. The summed E-state index contributed by atoms with van der Waals surface area (Å²) < 4.78 is 5.78. The topological polar surface area (TPSA) is 35.2 Å². The molecule has 1 unspecified atom stereocenters. The summed E-state index contributed by atoms with van der Waals surface area (Å²) in [6.45, 7) is 4.12. The smallest absolute Gasteiger partial charge is 0.125 e. The molecule has 0 aromatic heterocycles. The van der Waals surface area contributed by atoms with Gasteiger partial charge in [0.25, 0.3) is 0 Å². The fraction of sp³-hybridized carbons (Fsp3) is 0.455. The Balaban J connectivity index is 2.43. The van der Waals surface area contributed by atoms with Crippen molar-refractivity contribution in [3.05, 3.63) is 29.8 Å². The van der Waals surface area contributed by atoms with Crippen molar-refractivity contribution in [2.24, 2.45) is 5.73 Å². The van der Waals surface area contributed by atoms with Crippen LogP contribution in [0, 0.1) is 6.07 Å². The van der Waals surface area contributed by atoms with Gasteiger partial charge in [0.15, 0.2) is 0 Å². The number of fused-ring (bicyclic) bond motifs is 1. The first-order chi connectivity index (χ1) is 6.08. The maximum Gasteiger partial charge on any atom is 0.125 e. The van der Waals surface area contributed by atoms with E-state index in [-0.39, 0.29) is 11.6 Å². The molecule has 0 bridgehead atoms. The summed E-state index contributed by atoms with van der Waals surface area (Å²) in [6, 6.07) is 8.80. The van der Waals surface area contributed by atoms with Gasteiger partial charge in [-0.15, -0.1) is 0 Å². The number of benzene rings is 1. The Morgan fingerprint density at radius 1 is 1.62 bits per heavy atom. The van der Waals surface area contributed by atoms with E-state index in [1.54, 1.807) is 0 Å². The monoisotopic (exact) mass is 176 g/mol. The van der Waals surface area contributed by atoms with Crippen molar-refractivity contribution in [1.29, 1.82) is 0 Å². The summed E-state index contributed by atoms with van der Waals surface area (Å²) in [7, 11) is 0. The van der Waals surface area contributed by atoms with Crippen LogP contribution in [0.1, 0.15) is 31.9 Å². The van der Waals surface area contributed by atoms with Crippen molar-refractivity contribution in [1.82, 2.24) is 0 Å².